The minimum atomic E-state index is -0.235. The van der Waals surface area contributed by atoms with Gasteiger partial charge in [0, 0.05) is 37.6 Å². The molecule has 2 aliphatic rings. The Hall–Kier alpha value is -0.420. The minimum Gasteiger partial charge on any atom is -0.391 e. The van der Waals surface area contributed by atoms with E-state index in [2.05, 4.69) is 39.6 Å². The zero-order chi connectivity index (χ0) is 16.8. The molecule has 6 nitrogen and oxygen atoms in total. The Morgan fingerprint density at radius 1 is 1.44 bits per heavy atom. The van der Waals surface area contributed by atoms with Gasteiger partial charge in [0.05, 0.1) is 31.9 Å². The van der Waals surface area contributed by atoms with Crippen LogP contribution in [0.1, 0.15) is 24.3 Å². The second-order valence-corrected chi connectivity index (χ2v) is 7.24. The third-order valence-corrected chi connectivity index (χ3v) is 5.54. The number of halogens is 1. The first-order valence-corrected chi connectivity index (χ1v) is 9.72. The summed E-state index contributed by atoms with van der Waals surface area (Å²) >= 11 is 1.80. The molecule has 3 heterocycles. The van der Waals surface area contributed by atoms with Crippen molar-refractivity contribution < 1.29 is 9.84 Å². The minimum absolute atomic E-state index is 0. The summed E-state index contributed by atoms with van der Waals surface area (Å²) in [6.07, 6.45) is 0.587. The lowest BCUT2D eigenvalue weighted by molar-refractivity contribution is 0.0186. The number of rotatable bonds is 5. The van der Waals surface area contributed by atoms with Crippen LogP contribution in [0.4, 0.5) is 0 Å². The number of hydrogen-bond donors (Lipinski definition) is 2. The largest absolute Gasteiger partial charge is 0.391 e. The summed E-state index contributed by atoms with van der Waals surface area (Å²) in [6.45, 7) is 8.70. The van der Waals surface area contributed by atoms with Crippen molar-refractivity contribution >= 4 is 41.3 Å². The van der Waals surface area contributed by atoms with Crippen LogP contribution in [0.15, 0.2) is 22.5 Å². The normalized spacial score (nSPS) is 23.4. The number of nitrogens with zero attached hydrogens (tertiary/aromatic N) is 3. The zero-order valence-corrected chi connectivity index (χ0v) is 17.9. The summed E-state index contributed by atoms with van der Waals surface area (Å²) in [6, 6.07) is 4.61. The SMILES string of the molecule is CCNC(=NCC(c1cccs1)N1CCOCC1)N1CC[C@@H](O)C1.I. The van der Waals surface area contributed by atoms with Crippen LogP contribution in [-0.4, -0.2) is 79.5 Å². The predicted molar refractivity (Wildman–Crippen MR) is 113 cm³/mol. The van der Waals surface area contributed by atoms with Crippen LogP contribution in [0.5, 0.6) is 0 Å². The lowest BCUT2D eigenvalue weighted by Crippen LogP contribution is -2.42. The topological polar surface area (TPSA) is 60.3 Å². The van der Waals surface area contributed by atoms with E-state index >= 15 is 0 Å². The van der Waals surface area contributed by atoms with Crippen LogP contribution in [0.3, 0.4) is 0 Å². The summed E-state index contributed by atoms with van der Waals surface area (Å²) in [5.74, 6) is 0.920. The number of thiophene rings is 1. The highest BCUT2D eigenvalue weighted by molar-refractivity contribution is 14.0. The summed E-state index contributed by atoms with van der Waals surface area (Å²) < 4.78 is 5.50. The van der Waals surface area contributed by atoms with E-state index in [0.29, 0.717) is 12.6 Å². The number of aliphatic imine (C=N–C) groups is 1. The number of aliphatic hydroxyl groups is 1. The second kappa shape index (κ2) is 10.7. The Kier molecular flexibility index (Phi) is 8.91. The highest BCUT2D eigenvalue weighted by Crippen LogP contribution is 2.26. The number of ether oxygens (including phenoxy) is 1. The molecule has 0 amide bonds. The van der Waals surface area contributed by atoms with Crippen molar-refractivity contribution in [2.75, 3.05) is 52.5 Å². The van der Waals surface area contributed by atoms with Crippen molar-refractivity contribution in [3.8, 4) is 0 Å². The van der Waals surface area contributed by atoms with E-state index < -0.39 is 0 Å². The summed E-state index contributed by atoms with van der Waals surface area (Å²) in [5, 5.41) is 15.3. The van der Waals surface area contributed by atoms with Crippen LogP contribution in [0.2, 0.25) is 0 Å². The molecule has 3 rings (SSSR count). The van der Waals surface area contributed by atoms with E-state index in [9.17, 15) is 5.11 Å². The van der Waals surface area contributed by atoms with Gasteiger partial charge in [0.1, 0.15) is 0 Å². The predicted octanol–water partition coefficient (Wildman–Crippen LogP) is 1.77. The van der Waals surface area contributed by atoms with E-state index in [1.807, 2.05) is 0 Å². The van der Waals surface area contributed by atoms with Gasteiger partial charge in [0.2, 0.25) is 0 Å². The molecule has 1 unspecified atom stereocenters. The molecular formula is C17H29IN4O2S. The van der Waals surface area contributed by atoms with Crippen LogP contribution in [0, 0.1) is 0 Å². The van der Waals surface area contributed by atoms with E-state index in [-0.39, 0.29) is 30.1 Å². The molecule has 2 aliphatic heterocycles. The lowest BCUT2D eigenvalue weighted by atomic mass is 10.2. The van der Waals surface area contributed by atoms with E-state index in [1.165, 1.54) is 4.88 Å². The quantitative estimate of drug-likeness (QED) is 0.382. The standard InChI is InChI=1S/C17H28N4O2S.HI/c1-2-18-17(21-6-5-14(22)13-21)19-12-15(16-4-3-11-24-16)20-7-9-23-10-8-20;/h3-4,11,14-15,22H,2,5-10,12-13H2,1H3,(H,18,19);1H/t14-,15?;/m1./s1. The Morgan fingerprint density at radius 2 is 2.24 bits per heavy atom. The molecule has 142 valence electrons. The third-order valence-electron chi connectivity index (χ3n) is 4.57. The fourth-order valence-electron chi connectivity index (χ4n) is 3.29. The first-order valence-electron chi connectivity index (χ1n) is 8.84. The zero-order valence-electron chi connectivity index (χ0n) is 14.8. The van der Waals surface area contributed by atoms with Crippen molar-refractivity contribution in [1.82, 2.24) is 15.1 Å². The maximum atomic E-state index is 9.80. The first kappa shape index (κ1) is 20.9. The van der Waals surface area contributed by atoms with E-state index in [4.69, 9.17) is 9.73 Å². The van der Waals surface area contributed by atoms with Gasteiger partial charge in [0.15, 0.2) is 5.96 Å². The Bertz CT molecular complexity index is 523. The van der Waals surface area contributed by atoms with Gasteiger partial charge in [-0.3, -0.25) is 9.89 Å². The Labute approximate surface area is 171 Å². The van der Waals surface area contributed by atoms with Crippen molar-refractivity contribution in [3.63, 3.8) is 0 Å². The fourth-order valence-corrected chi connectivity index (χ4v) is 4.14. The Morgan fingerprint density at radius 3 is 2.84 bits per heavy atom. The molecule has 2 saturated heterocycles. The number of aliphatic hydroxyl groups excluding tert-OH is 1. The molecule has 0 saturated carbocycles. The fraction of sp³-hybridized carbons (Fsp3) is 0.706. The average Bonchev–Trinajstić information content (AvgIpc) is 3.27. The van der Waals surface area contributed by atoms with Gasteiger partial charge >= 0.3 is 0 Å². The van der Waals surface area contributed by atoms with Crippen LogP contribution in [0.25, 0.3) is 0 Å². The van der Waals surface area contributed by atoms with Gasteiger partial charge in [-0.1, -0.05) is 6.07 Å². The molecule has 2 N–H and O–H groups in total. The highest BCUT2D eigenvalue weighted by Gasteiger charge is 2.26. The number of likely N-dealkylation sites (tertiary alicyclic amines) is 1. The smallest absolute Gasteiger partial charge is 0.194 e. The molecule has 0 spiro atoms. The van der Waals surface area contributed by atoms with E-state index in [0.717, 1.165) is 58.3 Å². The van der Waals surface area contributed by atoms with Crippen LogP contribution < -0.4 is 5.32 Å². The average molecular weight is 480 g/mol. The molecule has 1 aromatic heterocycles. The molecular weight excluding hydrogens is 451 g/mol. The van der Waals surface area contributed by atoms with Crippen LogP contribution >= 0.6 is 35.3 Å². The number of hydrogen-bond acceptors (Lipinski definition) is 5. The molecule has 8 heteroatoms. The molecule has 2 atom stereocenters. The molecule has 0 aromatic carbocycles. The van der Waals surface area contributed by atoms with Crippen molar-refractivity contribution in [2.45, 2.75) is 25.5 Å². The number of guanidine groups is 1. The molecule has 25 heavy (non-hydrogen) atoms. The molecule has 2 fully saturated rings. The second-order valence-electron chi connectivity index (χ2n) is 6.26. The van der Waals surface area contributed by atoms with Crippen molar-refractivity contribution in [3.05, 3.63) is 22.4 Å². The van der Waals surface area contributed by atoms with Crippen molar-refractivity contribution in [1.29, 1.82) is 0 Å². The van der Waals surface area contributed by atoms with Gasteiger partial charge in [-0.25, -0.2) is 0 Å². The molecule has 0 bridgehead atoms. The summed E-state index contributed by atoms with van der Waals surface area (Å²) in [7, 11) is 0. The number of β-amino-alcohol motifs (C(OH)–C–C–N with tert-alkyl or cyclic N) is 1. The highest BCUT2D eigenvalue weighted by atomic mass is 127. The Balaban J connectivity index is 0.00000225. The summed E-state index contributed by atoms with van der Waals surface area (Å²) in [5.41, 5.74) is 0. The lowest BCUT2D eigenvalue weighted by Gasteiger charge is -2.33. The van der Waals surface area contributed by atoms with Gasteiger partial charge in [-0.15, -0.1) is 35.3 Å². The van der Waals surface area contributed by atoms with Gasteiger partial charge in [0.25, 0.3) is 0 Å². The maximum Gasteiger partial charge on any atom is 0.194 e. The van der Waals surface area contributed by atoms with Crippen molar-refractivity contribution in [2.24, 2.45) is 4.99 Å². The van der Waals surface area contributed by atoms with Crippen LogP contribution in [-0.2, 0) is 4.74 Å². The summed E-state index contributed by atoms with van der Waals surface area (Å²) in [4.78, 5) is 10.9. The number of nitrogens with one attached hydrogen (secondary N) is 1. The van der Waals surface area contributed by atoms with E-state index in [1.54, 1.807) is 11.3 Å². The number of morpholine rings is 1. The monoisotopic (exact) mass is 480 g/mol. The first-order chi connectivity index (χ1) is 11.8. The molecule has 0 aliphatic carbocycles. The molecule has 0 radical (unpaired) electrons. The van der Waals surface area contributed by atoms with Gasteiger partial charge < -0.3 is 20.1 Å². The third kappa shape index (κ3) is 5.78. The maximum absolute atomic E-state index is 9.80. The van der Waals surface area contributed by atoms with Gasteiger partial charge in [-0.05, 0) is 24.8 Å². The molecule has 1 aromatic rings. The van der Waals surface area contributed by atoms with Gasteiger partial charge in [-0.2, -0.15) is 0 Å².